The van der Waals surface area contributed by atoms with Crippen molar-refractivity contribution in [3.05, 3.63) is 70.8 Å². The van der Waals surface area contributed by atoms with Crippen molar-refractivity contribution in [3.8, 4) is 0 Å². The van der Waals surface area contributed by atoms with Gasteiger partial charge in [0.05, 0.1) is 0 Å². The third kappa shape index (κ3) is 4.96. The molecule has 152 valence electrons. The minimum atomic E-state index is -0.719. The lowest BCUT2D eigenvalue weighted by Gasteiger charge is -2.08. The quantitative estimate of drug-likeness (QED) is 0.515. The molecule has 8 heteroatoms. The molecule has 1 fully saturated rings. The second-order valence-corrected chi connectivity index (χ2v) is 6.68. The maximum Gasteiger partial charge on any atom is 0.271 e. The summed E-state index contributed by atoms with van der Waals surface area (Å²) in [6.07, 6.45) is 2.85. The van der Waals surface area contributed by atoms with Crippen molar-refractivity contribution in [1.82, 2.24) is 0 Å². The van der Waals surface area contributed by atoms with Crippen LogP contribution in [-0.4, -0.2) is 24.9 Å². The highest BCUT2D eigenvalue weighted by molar-refractivity contribution is 6.45. The van der Waals surface area contributed by atoms with E-state index in [2.05, 4.69) is 15.1 Å². The molecule has 0 radical (unpaired) electrons. The molecule has 0 spiro atoms. The number of amides is 1. The standard InChI is InChI=1S/C21H21F2N3O3/c1-28-26-20(21(24)27)15-6-3-2-5-14(15)12-29-25-10-9-13-11-16(13)19-17(22)7-4-8-18(19)23/h2-8,10,13,16H,9,11-12H2,1H3,(H2,24,27)/t13-,16-/m1/s1. The number of nitrogens with zero attached hydrogens (tertiary/aromatic N) is 2. The lowest BCUT2D eigenvalue weighted by molar-refractivity contribution is -0.112. The first-order valence-corrected chi connectivity index (χ1v) is 9.09. The van der Waals surface area contributed by atoms with Gasteiger partial charge in [-0.3, -0.25) is 4.79 Å². The third-order valence-electron chi connectivity index (χ3n) is 4.76. The van der Waals surface area contributed by atoms with E-state index in [-0.39, 0.29) is 29.7 Å². The summed E-state index contributed by atoms with van der Waals surface area (Å²) in [5, 5.41) is 7.58. The molecule has 6 nitrogen and oxygen atoms in total. The van der Waals surface area contributed by atoms with Crippen molar-refractivity contribution in [1.29, 1.82) is 0 Å². The van der Waals surface area contributed by atoms with Crippen LogP contribution in [0.3, 0.4) is 0 Å². The van der Waals surface area contributed by atoms with Gasteiger partial charge in [-0.1, -0.05) is 40.6 Å². The van der Waals surface area contributed by atoms with Crippen LogP contribution in [0.15, 0.2) is 52.8 Å². The van der Waals surface area contributed by atoms with Crippen LogP contribution in [0, 0.1) is 17.6 Å². The van der Waals surface area contributed by atoms with Crippen LogP contribution in [0.5, 0.6) is 0 Å². The first-order chi connectivity index (χ1) is 14.0. The highest BCUT2D eigenvalue weighted by atomic mass is 19.1. The summed E-state index contributed by atoms with van der Waals surface area (Å²) in [6, 6.07) is 10.9. The molecule has 29 heavy (non-hydrogen) atoms. The smallest absolute Gasteiger partial charge is 0.271 e. The molecule has 1 aliphatic rings. The second kappa shape index (κ2) is 9.27. The Hall–Kier alpha value is -3.29. The predicted molar refractivity (Wildman–Crippen MR) is 104 cm³/mol. The first kappa shape index (κ1) is 20.4. The van der Waals surface area contributed by atoms with E-state index < -0.39 is 17.5 Å². The Morgan fingerprint density at radius 2 is 1.93 bits per heavy atom. The van der Waals surface area contributed by atoms with Gasteiger partial charge in [0.1, 0.15) is 25.4 Å². The van der Waals surface area contributed by atoms with Gasteiger partial charge in [0.25, 0.3) is 5.91 Å². The molecule has 0 unspecified atom stereocenters. The molecular weight excluding hydrogens is 380 g/mol. The summed E-state index contributed by atoms with van der Waals surface area (Å²) in [4.78, 5) is 21.6. The fourth-order valence-electron chi connectivity index (χ4n) is 3.26. The lowest BCUT2D eigenvalue weighted by Crippen LogP contribution is -2.25. The Bertz CT molecular complexity index is 926. The normalized spacial score (nSPS) is 18.7. The van der Waals surface area contributed by atoms with E-state index in [0.29, 0.717) is 24.0 Å². The van der Waals surface area contributed by atoms with Crippen molar-refractivity contribution < 1.29 is 23.3 Å². The zero-order chi connectivity index (χ0) is 20.8. The highest BCUT2D eigenvalue weighted by Gasteiger charge is 2.40. The monoisotopic (exact) mass is 401 g/mol. The first-order valence-electron chi connectivity index (χ1n) is 9.09. The molecule has 0 heterocycles. The van der Waals surface area contributed by atoms with Crippen LogP contribution in [0.25, 0.3) is 0 Å². The molecule has 2 aromatic carbocycles. The van der Waals surface area contributed by atoms with Gasteiger partial charge in [-0.05, 0) is 36.8 Å². The Morgan fingerprint density at radius 1 is 1.21 bits per heavy atom. The van der Waals surface area contributed by atoms with Crippen LogP contribution in [0.4, 0.5) is 8.78 Å². The van der Waals surface area contributed by atoms with Gasteiger partial charge < -0.3 is 15.4 Å². The maximum absolute atomic E-state index is 13.8. The predicted octanol–water partition coefficient (Wildman–Crippen LogP) is 3.50. The Morgan fingerprint density at radius 3 is 2.62 bits per heavy atom. The largest absolute Gasteiger partial charge is 0.398 e. The summed E-state index contributed by atoms with van der Waals surface area (Å²) in [6.45, 7) is 0.0960. The van der Waals surface area contributed by atoms with Crippen molar-refractivity contribution in [2.24, 2.45) is 22.0 Å². The van der Waals surface area contributed by atoms with Crippen LogP contribution in [-0.2, 0) is 21.1 Å². The molecule has 1 saturated carbocycles. The van der Waals surface area contributed by atoms with Crippen LogP contribution >= 0.6 is 0 Å². The molecule has 2 N–H and O–H groups in total. The van der Waals surface area contributed by atoms with Crippen LogP contribution in [0.1, 0.15) is 35.4 Å². The number of primary amides is 1. The molecule has 2 aromatic rings. The summed E-state index contributed by atoms with van der Waals surface area (Å²) in [5.41, 5.74) is 6.65. The van der Waals surface area contributed by atoms with E-state index in [9.17, 15) is 13.6 Å². The van der Waals surface area contributed by atoms with Gasteiger partial charge >= 0.3 is 0 Å². The van der Waals surface area contributed by atoms with Gasteiger partial charge in [-0.2, -0.15) is 0 Å². The van der Waals surface area contributed by atoms with Gasteiger partial charge in [0, 0.05) is 22.9 Å². The summed E-state index contributed by atoms with van der Waals surface area (Å²) in [7, 11) is 1.32. The van der Waals surface area contributed by atoms with E-state index in [1.165, 1.54) is 25.3 Å². The average Bonchev–Trinajstić information content (AvgIpc) is 3.45. The Labute approximate surface area is 167 Å². The van der Waals surface area contributed by atoms with Crippen molar-refractivity contribution >= 4 is 17.8 Å². The van der Waals surface area contributed by atoms with E-state index in [4.69, 9.17) is 10.6 Å². The Balaban J connectivity index is 1.55. The number of hydrogen-bond acceptors (Lipinski definition) is 5. The highest BCUT2D eigenvalue weighted by Crippen LogP contribution is 2.50. The number of carbonyl (C=O) groups is 1. The van der Waals surface area contributed by atoms with E-state index in [1.54, 1.807) is 30.5 Å². The fraction of sp³-hybridized carbons (Fsp3) is 0.286. The summed E-state index contributed by atoms with van der Waals surface area (Å²) >= 11 is 0. The van der Waals surface area contributed by atoms with Gasteiger partial charge in [0.15, 0.2) is 5.71 Å². The molecule has 0 saturated heterocycles. The molecule has 3 rings (SSSR count). The molecular formula is C21H21F2N3O3. The number of rotatable bonds is 9. The SMILES string of the molecule is CON=C(C(N)=O)c1ccccc1CON=CC[C@@H]1C[C@H]1c1c(F)cccc1F. The van der Waals surface area contributed by atoms with Gasteiger partial charge in [-0.25, -0.2) is 8.78 Å². The lowest BCUT2D eigenvalue weighted by atomic mass is 10.0. The minimum Gasteiger partial charge on any atom is -0.398 e. The van der Waals surface area contributed by atoms with E-state index in [0.717, 1.165) is 0 Å². The zero-order valence-electron chi connectivity index (χ0n) is 15.8. The van der Waals surface area contributed by atoms with Crippen LogP contribution < -0.4 is 5.73 Å². The zero-order valence-corrected chi connectivity index (χ0v) is 15.8. The number of benzene rings is 2. The number of hydrogen-bond donors (Lipinski definition) is 1. The maximum atomic E-state index is 13.8. The molecule has 0 bridgehead atoms. The molecule has 0 aromatic heterocycles. The van der Waals surface area contributed by atoms with E-state index >= 15 is 0 Å². The third-order valence-corrected chi connectivity index (χ3v) is 4.76. The van der Waals surface area contributed by atoms with Crippen molar-refractivity contribution in [2.75, 3.05) is 7.11 Å². The van der Waals surface area contributed by atoms with Gasteiger partial charge in [-0.15, -0.1) is 0 Å². The van der Waals surface area contributed by atoms with E-state index in [1.807, 2.05) is 0 Å². The number of halogens is 2. The van der Waals surface area contributed by atoms with Crippen molar-refractivity contribution in [2.45, 2.75) is 25.4 Å². The average molecular weight is 401 g/mol. The molecule has 1 amide bonds. The molecule has 2 atom stereocenters. The topological polar surface area (TPSA) is 86.3 Å². The molecule has 0 aliphatic heterocycles. The van der Waals surface area contributed by atoms with Crippen molar-refractivity contribution in [3.63, 3.8) is 0 Å². The summed E-state index contributed by atoms with van der Waals surface area (Å²) in [5.74, 6) is -1.73. The second-order valence-electron chi connectivity index (χ2n) is 6.68. The fourth-order valence-corrected chi connectivity index (χ4v) is 3.26. The van der Waals surface area contributed by atoms with Crippen LogP contribution in [0.2, 0.25) is 0 Å². The number of carbonyl (C=O) groups excluding carboxylic acids is 1. The number of nitrogens with two attached hydrogens (primary N) is 1. The minimum absolute atomic E-state index is 0.0107. The van der Waals surface area contributed by atoms with Gasteiger partial charge in [0.2, 0.25) is 0 Å². The number of oxime groups is 2. The summed E-state index contributed by atoms with van der Waals surface area (Å²) < 4.78 is 27.6. The molecule has 1 aliphatic carbocycles. The Kier molecular flexibility index (Phi) is 6.54.